The highest BCUT2D eigenvalue weighted by Gasteiger charge is 2.30. The van der Waals surface area contributed by atoms with Crippen molar-refractivity contribution in [3.05, 3.63) is 35.4 Å². The van der Waals surface area contributed by atoms with Crippen molar-refractivity contribution in [3.63, 3.8) is 0 Å². The van der Waals surface area contributed by atoms with E-state index in [0.29, 0.717) is 18.4 Å². The quantitative estimate of drug-likeness (QED) is 0.595. The van der Waals surface area contributed by atoms with Gasteiger partial charge in [0.2, 0.25) is 0 Å². The molecular weight excluding hydrogens is 335 g/mol. The van der Waals surface area contributed by atoms with E-state index in [9.17, 15) is 22.2 Å². The molecule has 2 unspecified atom stereocenters. The summed E-state index contributed by atoms with van der Waals surface area (Å²) in [7, 11) is -4.66. The van der Waals surface area contributed by atoms with Crippen molar-refractivity contribution in [1.82, 2.24) is 10.4 Å². The molecular formula is C16H23FN2O4S. The maximum atomic E-state index is 12.9. The van der Waals surface area contributed by atoms with Crippen molar-refractivity contribution in [2.45, 2.75) is 44.8 Å². The first-order valence-electron chi connectivity index (χ1n) is 8.01. The van der Waals surface area contributed by atoms with Gasteiger partial charge in [0.25, 0.3) is 5.91 Å². The van der Waals surface area contributed by atoms with Crippen LogP contribution in [-0.4, -0.2) is 48.9 Å². The van der Waals surface area contributed by atoms with Crippen molar-refractivity contribution in [2.75, 3.05) is 12.3 Å². The number of hydrogen-bond acceptors (Lipinski definition) is 5. The van der Waals surface area contributed by atoms with Gasteiger partial charge in [0.15, 0.2) is 0 Å². The number of aliphatic hydroxyl groups is 1. The van der Waals surface area contributed by atoms with E-state index in [0.717, 1.165) is 18.4 Å². The van der Waals surface area contributed by atoms with Gasteiger partial charge in [-0.1, -0.05) is 30.5 Å². The monoisotopic (exact) mass is 358 g/mol. The lowest BCUT2D eigenvalue weighted by Gasteiger charge is -2.37. The molecule has 24 heavy (non-hydrogen) atoms. The molecule has 0 aromatic heterocycles. The first-order chi connectivity index (χ1) is 11.3. The first kappa shape index (κ1) is 18.8. The maximum Gasteiger partial charge on any atom is 0.303 e. The van der Waals surface area contributed by atoms with Crippen LogP contribution in [0.5, 0.6) is 0 Å². The number of carbonyl (C=O) groups is 1. The largest absolute Gasteiger partial charge is 0.391 e. The van der Waals surface area contributed by atoms with E-state index >= 15 is 0 Å². The SMILES string of the molecule is Cc1ccc(C(=O)NN(CCS(=O)(=O)F)C2CCCCC2O)cc1. The Morgan fingerprint density at radius 1 is 1.29 bits per heavy atom. The Morgan fingerprint density at radius 2 is 1.92 bits per heavy atom. The third-order valence-corrected chi connectivity index (χ3v) is 4.90. The number of rotatable bonds is 6. The average Bonchev–Trinajstić information content (AvgIpc) is 2.52. The van der Waals surface area contributed by atoms with Crippen LogP contribution in [0.2, 0.25) is 0 Å². The number of halogens is 1. The fraction of sp³-hybridized carbons (Fsp3) is 0.562. The summed E-state index contributed by atoms with van der Waals surface area (Å²) >= 11 is 0. The second-order valence-electron chi connectivity index (χ2n) is 6.16. The Labute approximate surface area is 141 Å². The van der Waals surface area contributed by atoms with E-state index in [1.54, 1.807) is 24.3 Å². The van der Waals surface area contributed by atoms with Gasteiger partial charge in [0, 0.05) is 12.1 Å². The number of aryl methyl sites for hydroxylation is 1. The molecule has 1 aromatic rings. The van der Waals surface area contributed by atoms with Gasteiger partial charge in [-0.3, -0.25) is 10.2 Å². The molecule has 0 heterocycles. The van der Waals surface area contributed by atoms with Crippen molar-refractivity contribution in [3.8, 4) is 0 Å². The summed E-state index contributed by atoms with van der Waals surface area (Å²) in [5.41, 5.74) is 4.05. The van der Waals surface area contributed by atoms with Gasteiger partial charge in [0.05, 0.1) is 17.9 Å². The highest BCUT2D eigenvalue weighted by molar-refractivity contribution is 7.86. The van der Waals surface area contributed by atoms with Gasteiger partial charge in [-0.25, -0.2) is 5.01 Å². The minimum atomic E-state index is -4.66. The molecule has 2 N–H and O–H groups in total. The van der Waals surface area contributed by atoms with Crippen LogP contribution in [0.4, 0.5) is 3.89 Å². The van der Waals surface area contributed by atoms with Crippen molar-refractivity contribution < 1.29 is 22.2 Å². The zero-order chi connectivity index (χ0) is 17.7. The molecule has 1 aliphatic carbocycles. The molecule has 1 aromatic carbocycles. The zero-order valence-corrected chi connectivity index (χ0v) is 14.4. The third kappa shape index (κ3) is 5.54. The van der Waals surface area contributed by atoms with Crippen LogP contribution in [-0.2, 0) is 10.2 Å². The summed E-state index contributed by atoms with van der Waals surface area (Å²) in [4.78, 5) is 12.4. The second kappa shape index (κ2) is 8.04. The minimum absolute atomic E-state index is 0.210. The normalized spacial score (nSPS) is 21.7. The summed E-state index contributed by atoms with van der Waals surface area (Å²) in [6, 6.07) is 6.48. The van der Waals surface area contributed by atoms with Gasteiger partial charge in [-0.05, 0) is 31.9 Å². The molecule has 8 heteroatoms. The Balaban J connectivity index is 2.11. The third-order valence-electron chi connectivity index (χ3n) is 4.23. The minimum Gasteiger partial charge on any atom is -0.391 e. The van der Waals surface area contributed by atoms with Crippen LogP contribution in [0.25, 0.3) is 0 Å². The molecule has 6 nitrogen and oxygen atoms in total. The number of hydrogen-bond donors (Lipinski definition) is 2. The highest BCUT2D eigenvalue weighted by Crippen LogP contribution is 2.22. The van der Waals surface area contributed by atoms with Crippen LogP contribution in [0.3, 0.4) is 0 Å². The standard InChI is InChI=1S/C16H23FN2O4S/c1-12-6-8-13(9-7-12)16(21)18-19(10-11-24(17,22)23)14-4-2-3-5-15(14)20/h6-9,14-15,20H,2-5,10-11H2,1H3,(H,18,21). The van der Waals surface area contributed by atoms with Crippen molar-refractivity contribution >= 4 is 16.1 Å². The predicted molar refractivity (Wildman–Crippen MR) is 88.5 cm³/mol. The van der Waals surface area contributed by atoms with Gasteiger partial charge >= 0.3 is 10.2 Å². The van der Waals surface area contributed by atoms with Crippen molar-refractivity contribution in [1.29, 1.82) is 0 Å². The predicted octanol–water partition coefficient (Wildman–Crippen LogP) is 1.54. The Hall–Kier alpha value is -1.51. The Morgan fingerprint density at radius 3 is 2.50 bits per heavy atom. The lowest BCUT2D eigenvalue weighted by molar-refractivity contribution is -0.00153. The first-order valence-corrected chi connectivity index (χ1v) is 9.56. The van der Waals surface area contributed by atoms with Crippen molar-refractivity contribution in [2.24, 2.45) is 0 Å². The van der Waals surface area contributed by atoms with E-state index in [1.807, 2.05) is 6.92 Å². The van der Waals surface area contributed by atoms with E-state index in [2.05, 4.69) is 5.43 Å². The van der Waals surface area contributed by atoms with Crippen LogP contribution < -0.4 is 5.43 Å². The molecule has 0 saturated heterocycles. The van der Waals surface area contributed by atoms with Crippen LogP contribution >= 0.6 is 0 Å². The van der Waals surface area contributed by atoms with Crippen LogP contribution in [0.15, 0.2) is 24.3 Å². The van der Waals surface area contributed by atoms with Gasteiger partial charge < -0.3 is 5.11 Å². The molecule has 0 aliphatic heterocycles. The average molecular weight is 358 g/mol. The molecule has 1 aliphatic rings. The summed E-state index contributed by atoms with van der Waals surface area (Å²) in [5, 5.41) is 11.5. The maximum absolute atomic E-state index is 12.9. The molecule has 0 spiro atoms. The topological polar surface area (TPSA) is 86.7 Å². The molecule has 0 radical (unpaired) electrons. The molecule has 1 amide bonds. The highest BCUT2D eigenvalue weighted by atomic mass is 32.3. The molecule has 1 fully saturated rings. The fourth-order valence-electron chi connectivity index (χ4n) is 2.87. The fourth-order valence-corrected chi connectivity index (χ4v) is 3.28. The zero-order valence-electron chi connectivity index (χ0n) is 13.6. The van der Waals surface area contributed by atoms with Crippen LogP contribution in [0, 0.1) is 6.92 Å². The smallest absolute Gasteiger partial charge is 0.303 e. The number of nitrogens with zero attached hydrogens (tertiary/aromatic N) is 1. The lowest BCUT2D eigenvalue weighted by atomic mass is 9.92. The van der Waals surface area contributed by atoms with E-state index in [4.69, 9.17) is 0 Å². The molecule has 1 saturated carbocycles. The molecule has 2 rings (SSSR count). The van der Waals surface area contributed by atoms with E-state index in [1.165, 1.54) is 5.01 Å². The number of aliphatic hydroxyl groups excluding tert-OH is 1. The van der Waals surface area contributed by atoms with Gasteiger partial charge in [-0.2, -0.15) is 8.42 Å². The van der Waals surface area contributed by atoms with Gasteiger partial charge in [-0.15, -0.1) is 3.89 Å². The summed E-state index contributed by atoms with van der Waals surface area (Å²) in [6.45, 7) is 1.69. The number of carbonyl (C=O) groups excluding carboxylic acids is 1. The molecule has 134 valence electrons. The van der Waals surface area contributed by atoms with E-state index < -0.39 is 34.0 Å². The lowest BCUT2D eigenvalue weighted by Crippen LogP contribution is -2.55. The molecule has 2 atom stereocenters. The summed E-state index contributed by atoms with van der Waals surface area (Å²) in [6.07, 6.45) is 2.24. The van der Waals surface area contributed by atoms with Crippen LogP contribution in [0.1, 0.15) is 41.6 Å². The number of amides is 1. The Kier molecular flexibility index (Phi) is 6.31. The molecule has 0 bridgehead atoms. The number of hydrazine groups is 1. The number of nitrogens with one attached hydrogen (secondary N) is 1. The second-order valence-corrected chi connectivity index (χ2v) is 7.65. The van der Waals surface area contributed by atoms with Gasteiger partial charge in [0.1, 0.15) is 0 Å². The van der Waals surface area contributed by atoms with E-state index in [-0.39, 0.29) is 6.54 Å². The summed E-state index contributed by atoms with van der Waals surface area (Å²) < 4.78 is 34.5. The number of benzene rings is 1. The Bertz CT molecular complexity index is 663. The summed E-state index contributed by atoms with van der Waals surface area (Å²) in [5.74, 6) is -1.14.